The standard InChI is InChI=1S/C14H13F3N6/c1-19-8-21-13(18)23-11-6-7-20-12(22-11)9-4-2-3-5-10(9)14(15,16)17/h2-8H,1H3,(H3,18,19,20,21,22,23). The number of nitrogens with two attached hydrogens (primary N) is 1. The molecule has 0 fully saturated rings. The van der Waals surface area contributed by atoms with E-state index < -0.39 is 11.7 Å². The maximum absolute atomic E-state index is 13.1. The molecule has 0 aliphatic heterocycles. The zero-order valence-electron chi connectivity index (χ0n) is 12.0. The second kappa shape index (κ2) is 6.86. The molecule has 0 spiro atoms. The highest BCUT2D eigenvalue weighted by atomic mass is 19.4. The third-order valence-electron chi connectivity index (χ3n) is 2.70. The largest absolute Gasteiger partial charge is 0.417 e. The van der Waals surface area contributed by atoms with E-state index in [1.165, 1.54) is 43.8 Å². The molecular weight excluding hydrogens is 309 g/mol. The summed E-state index contributed by atoms with van der Waals surface area (Å²) in [6.07, 6.45) is -1.94. The minimum Gasteiger partial charge on any atom is -0.369 e. The molecule has 0 unspecified atom stereocenters. The van der Waals surface area contributed by atoms with E-state index in [9.17, 15) is 13.2 Å². The molecule has 3 N–H and O–H groups in total. The molecule has 120 valence electrons. The van der Waals surface area contributed by atoms with Gasteiger partial charge in [0.25, 0.3) is 0 Å². The zero-order chi connectivity index (χ0) is 16.9. The molecule has 1 aromatic heterocycles. The second-order valence-electron chi connectivity index (χ2n) is 4.32. The minimum absolute atomic E-state index is 0.00403. The van der Waals surface area contributed by atoms with Crippen LogP contribution in [0.5, 0.6) is 0 Å². The van der Waals surface area contributed by atoms with Crippen molar-refractivity contribution in [2.45, 2.75) is 6.18 Å². The molecule has 0 amide bonds. The summed E-state index contributed by atoms with van der Waals surface area (Å²) in [7, 11) is 1.52. The number of anilines is 1. The van der Waals surface area contributed by atoms with Crippen molar-refractivity contribution in [2.24, 2.45) is 15.7 Å². The lowest BCUT2D eigenvalue weighted by atomic mass is 10.1. The number of hydrogen-bond donors (Lipinski definition) is 2. The number of guanidine groups is 1. The quantitative estimate of drug-likeness (QED) is 0.671. The predicted octanol–water partition coefficient (Wildman–Crippen LogP) is 2.55. The molecule has 0 atom stereocenters. The van der Waals surface area contributed by atoms with E-state index >= 15 is 0 Å². The van der Waals surface area contributed by atoms with Crippen molar-refractivity contribution in [1.82, 2.24) is 9.97 Å². The first-order valence-corrected chi connectivity index (χ1v) is 6.42. The van der Waals surface area contributed by atoms with E-state index in [-0.39, 0.29) is 23.2 Å². The van der Waals surface area contributed by atoms with Gasteiger partial charge in [0, 0.05) is 18.8 Å². The maximum atomic E-state index is 13.1. The van der Waals surface area contributed by atoms with Gasteiger partial charge in [0.05, 0.1) is 5.56 Å². The van der Waals surface area contributed by atoms with Crippen LogP contribution in [0.4, 0.5) is 19.0 Å². The fraction of sp³-hybridized carbons (Fsp3) is 0.143. The van der Waals surface area contributed by atoms with Crippen LogP contribution >= 0.6 is 0 Å². The summed E-state index contributed by atoms with van der Waals surface area (Å²) in [5.41, 5.74) is 4.66. The van der Waals surface area contributed by atoms with Gasteiger partial charge in [0.1, 0.15) is 12.2 Å². The SMILES string of the molecule is CN=CN=C(N)Nc1ccnc(-c2ccccc2C(F)(F)F)n1. The smallest absolute Gasteiger partial charge is 0.369 e. The van der Waals surface area contributed by atoms with Crippen LogP contribution in [0.15, 0.2) is 46.5 Å². The van der Waals surface area contributed by atoms with Gasteiger partial charge in [-0.3, -0.25) is 4.99 Å². The highest BCUT2D eigenvalue weighted by Crippen LogP contribution is 2.35. The van der Waals surface area contributed by atoms with Crippen LogP contribution in [0.2, 0.25) is 0 Å². The lowest BCUT2D eigenvalue weighted by Crippen LogP contribution is -2.23. The number of benzene rings is 1. The van der Waals surface area contributed by atoms with Gasteiger partial charge in [0.15, 0.2) is 11.8 Å². The van der Waals surface area contributed by atoms with Crippen LogP contribution in [-0.2, 0) is 6.18 Å². The Bertz CT molecular complexity index is 739. The van der Waals surface area contributed by atoms with Crippen LogP contribution < -0.4 is 11.1 Å². The number of rotatable bonds is 3. The number of halogens is 3. The second-order valence-corrected chi connectivity index (χ2v) is 4.32. The van der Waals surface area contributed by atoms with Gasteiger partial charge in [-0.25, -0.2) is 15.0 Å². The molecule has 0 aliphatic carbocycles. The summed E-state index contributed by atoms with van der Waals surface area (Å²) < 4.78 is 39.2. The van der Waals surface area contributed by atoms with Crippen LogP contribution in [0.3, 0.4) is 0 Å². The Balaban J connectivity index is 2.38. The van der Waals surface area contributed by atoms with E-state index in [1.54, 1.807) is 0 Å². The summed E-state index contributed by atoms with van der Waals surface area (Å²) in [5.74, 6) is 0.155. The molecular formula is C14H13F3N6. The molecule has 6 nitrogen and oxygen atoms in total. The summed E-state index contributed by atoms with van der Waals surface area (Å²) in [6.45, 7) is 0. The Kier molecular flexibility index (Phi) is 4.89. The number of nitrogens with one attached hydrogen (secondary N) is 1. The molecule has 0 saturated heterocycles. The number of nitrogens with zero attached hydrogens (tertiary/aromatic N) is 4. The Hall–Kier alpha value is -2.97. The Morgan fingerprint density at radius 3 is 2.70 bits per heavy atom. The average Bonchev–Trinajstić information content (AvgIpc) is 2.52. The monoisotopic (exact) mass is 322 g/mol. The van der Waals surface area contributed by atoms with Crippen molar-refractivity contribution >= 4 is 18.1 Å². The molecule has 0 aliphatic rings. The van der Waals surface area contributed by atoms with Gasteiger partial charge < -0.3 is 11.1 Å². The first-order chi connectivity index (χ1) is 10.9. The van der Waals surface area contributed by atoms with Crippen molar-refractivity contribution in [2.75, 3.05) is 12.4 Å². The van der Waals surface area contributed by atoms with Crippen LogP contribution in [0.1, 0.15) is 5.56 Å². The predicted molar refractivity (Wildman–Crippen MR) is 82.1 cm³/mol. The van der Waals surface area contributed by atoms with E-state index in [0.29, 0.717) is 0 Å². The molecule has 1 heterocycles. The Labute approximate surface area is 130 Å². The number of hydrogen-bond acceptors (Lipinski definition) is 3. The summed E-state index contributed by atoms with van der Waals surface area (Å²) >= 11 is 0. The van der Waals surface area contributed by atoms with Gasteiger partial charge in [-0.15, -0.1) is 0 Å². The number of aromatic nitrogens is 2. The van der Waals surface area contributed by atoms with Crippen molar-refractivity contribution in [3.05, 3.63) is 42.1 Å². The fourth-order valence-corrected chi connectivity index (χ4v) is 1.77. The normalized spacial score (nSPS) is 12.6. The molecule has 1 aromatic carbocycles. The van der Waals surface area contributed by atoms with Crippen LogP contribution in [-0.4, -0.2) is 29.3 Å². The van der Waals surface area contributed by atoms with Gasteiger partial charge >= 0.3 is 6.18 Å². The summed E-state index contributed by atoms with van der Waals surface area (Å²) in [4.78, 5) is 15.3. The van der Waals surface area contributed by atoms with Crippen molar-refractivity contribution < 1.29 is 13.2 Å². The highest BCUT2D eigenvalue weighted by Gasteiger charge is 2.34. The molecule has 23 heavy (non-hydrogen) atoms. The number of alkyl halides is 3. The highest BCUT2D eigenvalue weighted by molar-refractivity contribution is 5.95. The lowest BCUT2D eigenvalue weighted by molar-refractivity contribution is -0.137. The van der Waals surface area contributed by atoms with Gasteiger partial charge in [-0.05, 0) is 12.1 Å². The molecule has 0 saturated carbocycles. The third kappa shape index (κ3) is 4.25. The van der Waals surface area contributed by atoms with Crippen molar-refractivity contribution in [3.63, 3.8) is 0 Å². The molecule has 0 bridgehead atoms. The van der Waals surface area contributed by atoms with Gasteiger partial charge in [-0.1, -0.05) is 18.2 Å². The van der Waals surface area contributed by atoms with Crippen LogP contribution in [0, 0.1) is 0 Å². The molecule has 9 heteroatoms. The van der Waals surface area contributed by atoms with E-state index in [0.717, 1.165) is 6.07 Å². The number of aliphatic imine (C=N–C) groups is 2. The fourth-order valence-electron chi connectivity index (χ4n) is 1.77. The average molecular weight is 322 g/mol. The van der Waals surface area contributed by atoms with Crippen molar-refractivity contribution in [1.29, 1.82) is 0 Å². The summed E-state index contributed by atoms with van der Waals surface area (Å²) in [6, 6.07) is 6.55. The topological polar surface area (TPSA) is 88.5 Å². The minimum atomic E-state index is -4.50. The third-order valence-corrected chi connectivity index (χ3v) is 2.70. The first-order valence-electron chi connectivity index (χ1n) is 6.42. The lowest BCUT2D eigenvalue weighted by Gasteiger charge is -2.12. The first kappa shape index (κ1) is 16.4. The maximum Gasteiger partial charge on any atom is 0.417 e. The molecule has 2 rings (SSSR count). The Morgan fingerprint density at radius 1 is 1.26 bits per heavy atom. The molecule has 0 radical (unpaired) electrons. The zero-order valence-corrected chi connectivity index (χ0v) is 12.0. The van der Waals surface area contributed by atoms with Gasteiger partial charge in [-0.2, -0.15) is 13.2 Å². The van der Waals surface area contributed by atoms with E-state index in [1.807, 2.05) is 0 Å². The van der Waals surface area contributed by atoms with Crippen molar-refractivity contribution in [3.8, 4) is 11.4 Å². The molecule has 2 aromatic rings. The van der Waals surface area contributed by atoms with E-state index in [4.69, 9.17) is 5.73 Å². The van der Waals surface area contributed by atoms with Gasteiger partial charge in [0.2, 0.25) is 0 Å². The summed E-state index contributed by atoms with van der Waals surface area (Å²) in [5, 5.41) is 2.65. The Morgan fingerprint density at radius 2 is 2.00 bits per heavy atom. The van der Waals surface area contributed by atoms with E-state index in [2.05, 4.69) is 25.3 Å². The van der Waals surface area contributed by atoms with Crippen LogP contribution in [0.25, 0.3) is 11.4 Å².